The monoisotopic (exact) mass is 389 g/mol. The molecule has 146 valence electrons. The fourth-order valence-corrected chi connectivity index (χ4v) is 3.87. The van der Waals surface area contributed by atoms with Crippen molar-refractivity contribution < 1.29 is 13.9 Å². The summed E-state index contributed by atoms with van der Waals surface area (Å²) in [6, 6.07) is 7.81. The van der Waals surface area contributed by atoms with E-state index in [9.17, 15) is 4.79 Å². The van der Waals surface area contributed by atoms with E-state index >= 15 is 0 Å². The van der Waals surface area contributed by atoms with Crippen molar-refractivity contribution in [1.82, 2.24) is 15.5 Å². The van der Waals surface area contributed by atoms with Crippen LogP contribution in [0.3, 0.4) is 0 Å². The van der Waals surface area contributed by atoms with Gasteiger partial charge in [-0.3, -0.25) is 4.79 Å². The van der Waals surface area contributed by atoms with Gasteiger partial charge in [-0.1, -0.05) is 37.4 Å². The smallest absolute Gasteiger partial charge is 0.277 e. The summed E-state index contributed by atoms with van der Waals surface area (Å²) in [5.41, 5.74) is 0.827. The van der Waals surface area contributed by atoms with E-state index in [-0.39, 0.29) is 11.2 Å². The fraction of sp³-hybridized carbons (Fsp3) is 0.550. The molecule has 0 aliphatic heterocycles. The largest absolute Gasteiger partial charge is 0.494 e. The molecule has 1 aromatic heterocycles. The molecule has 0 saturated heterocycles. The Morgan fingerprint density at radius 2 is 1.93 bits per heavy atom. The molecule has 1 heterocycles. The molecule has 1 atom stereocenters. The van der Waals surface area contributed by atoms with Gasteiger partial charge in [-0.25, -0.2) is 0 Å². The lowest BCUT2D eigenvalue weighted by molar-refractivity contribution is -0.121. The van der Waals surface area contributed by atoms with Crippen LogP contribution in [0.15, 0.2) is 33.9 Å². The number of hydrogen-bond donors (Lipinski definition) is 1. The van der Waals surface area contributed by atoms with Crippen LogP contribution in [0, 0.1) is 0 Å². The lowest BCUT2D eigenvalue weighted by Crippen LogP contribution is -2.39. The number of rotatable bonds is 7. The van der Waals surface area contributed by atoms with Gasteiger partial charge < -0.3 is 14.5 Å². The number of carbonyl (C=O) groups is 1. The van der Waals surface area contributed by atoms with Crippen molar-refractivity contribution in [1.29, 1.82) is 0 Å². The van der Waals surface area contributed by atoms with E-state index in [2.05, 4.69) is 15.5 Å². The van der Waals surface area contributed by atoms with Crippen molar-refractivity contribution in [2.24, 2.45) is 0 Å². The van der Waals surface area contributed by atoms with Gasteiger partial charge in [0.2, 0.25) is 11.8 Å². The molecule has 3 rings (SSSR count). The number of hydrogen-bond acceptors (Lipinski definition) is 6. The first-order chi connectivity index (χ1) is 13.2. The average Bonchev–Trinajstić information content (AvgIpc) is 2.98. The van der Waals surface area contributed by atoms with E-state index in [0.717, 1.165) is 24.2 Å². The molecule has 1 N–H and O–H groups in total. The fourth-order valence-electron chi connectivity index (χ4n) is 3.18. The molecule has 1 aliphatic carbocycles. The second-order valence-electron chi connectivity index (χ2n) is 6.79. The first-order valence-corrected chi connectivity index (χ1v) is 10.6. The Kier molecular flexibility index (Phi) is 7.15. The van der Waals surface area contributed by atoms with Crippen LogP contribution in [0.25, 0.3) is 11.5 Å². The Hall–Kier alpha value is -2.02. The predicted molar refractivity (Wildman–Crippen MR) is 106 cm³/mol. The predicted octanol–water partition coefficient (Wildman–Crippen LogP) is 4.45. The molecule has 0 spiro atoms. The van der Waals surface area contributed by atoms with E-state index in [4.69, 9.17) is 9.15 Å². The van der Waals surface area contributed by atoms with Crippen LogP contribution in [0.1, 0.15) is 52.4 Å². The summed E-state index contributed by atoms with van der Waals surface area (Å²) >= 11 is 1.30. The molecule has 7 heteroatoms. The third kappa shape index (κ3) is 5.73. The van der Waals surface area contributed by atoms with Crippen molar-refractivity contribution in [3.63, 3.8) is 0 Å². The summed E-state index contributed by atoms with van der Waals surface area (Å²) in [5, 5.41) is 11.5. The Labute approximate surface area is 164 Å². The molecule has 2 aromatic rings. The van der Waals surface area contributed by atoms with Gasteiger partial charge in [0.25, 0.3) is 5.22 Å². The van der Waals surface area contributed by atoms with Crippen LogP contribution >= 0.6 is 11.8 Å². The zero-order valence-corrected chi connectivity index (χ0v) is 16.8. The number of aromatic nitrogens is 2. The molecule has 0 unspecified atom stereocenters. The Morgan fingerprint density at radius 3 is 2.59 bits per heavy atom. The number of carbonyl (C=O) groups excluding carboxylic acids is 1. The number of amides is 1. The number of benzene rings is 1. The van der Waals surface area contributed by atoms with Crippen molar-refractivity contribution in [2.75, 3.05) is 6.61 Å². The minimum Gasteiger partial charge on any atom is -0.494 e. The molecule has 1 saturated carbocycles. The molecular formula is C20H27N3O3S. The zero-order valence-electron chi connectivity index (χ0n) is 15.9. The van der Waals surface area contributed by atoms with Gasteiger partial charge in [0.15, 0.2) is 0 Å². The summed E-state index contributed by atoms with van der Waals surface area (Å²) in [6.45, 7) is 4.45. The van der Waals surface area contributed by atoms with Crippen molar-refractivity contribution >= 4 is 17.7 Å². The quantitative estimate of drug-likeness (QED) is 0.557. The van der Waals surface area contributed by atoms with E-state index in [0.29, 0.717) is 23.8 Å². The number of ether oxygens (including phenoxy) is 1. The molecule has 1 aliphatic rings. The Balaban J connectivity index is 1.55. The molecule has 1 amide bonds. The van der Waals surface area contributed by atoms with E-state index < -0.39 is 0 Å². The highest BCUT2D eigenvalue weighted by Gasteiger charge is 2.22. The van der Waals surface area contributed by atoms with Gasteiger partial charge in [0.05, 0.1) is 11.9 Å². The van der Waals surface area contributed by atoms with Gasteiger partial charge in [-0.2, -0.15) is 0 Å². The molecule has 0 bridgehead atoms. The number of thioether (sulfide) groups is 1. The Morgan fingerprint density at radius 1 is 1.22 bits per heavy atom. The normalized spacial score (nSPS) is 16.5. The van der Waals surface area contributed by atoms with Gasteiger partial charge in [0, 0.05) is 11.6 Å². The molecule has 0 radical (unpaired) electrons. The van der Waals surface area contributed by atoms with Crippen LogP contribution < -0.4 is 10.1 Å². The molecule has 27 heavy (non-hydrogen) atoms. The van der Waals surface area contributed by atoms with Gasteiger partial charge in [-0.15, -0.1) is 10.2 Å². The minimum absolute atomic E-state index is 0.0349. The standard InChI is InChI=1S/C20H27N3O3S/c1-3-25-17-12-10-15(11-13-17)19-22-23-20(26-19)27-14(2)18(24)21-16-8-6-4-5-7-9-16/h10-14,16H,3-9H2,1-2H3,(H,21,24)/t14-/m0/s1. The first-order valence-electron chi connectivity index (χ1n) is 9.69. The molecular weight excluding hydrogens is 362 g/mol. The summed E-state index contributed by atoms with van der Waals surface area (Å²) in [4.78, 5) is 12.5. The number of nitrogens with zero attached hydrogens (tertiary/aromatic N) is 2. The molecule has 1 aromatic carbocycles. The van der Waals surface area contributed by atoms with Gasteiger partial charge in [0.1, 0.15) is 5.75 Å². The Bertz CT molecular complexity index is 724. The van der Waals surface area contributed by atoms with Crippen LogP contribution in [0.5, 0.6) is 5.75 Å². The third-order valence-electron chi connectivity index (χ3n) is 4.67. The summed E-state index contributed by atoms with van der Waals surface area (Å²) in [5.74, 6) is 1.28. The highest BCUT2D eigenvalue weighted by Crippen LogP contribution is 2.27. The second-order valence-corrected chi connectivity index (χ2v) is 8.08. The van der Waals surface area contributed by atoms with Crippen LogP contribution in [0.4, 0.5) is 0 Å². The highest BCUT2D eigenvalue weighted by molar-refractivity contribution is 8.00. The van der Waals surface area contributed by atoms with Crippen LogP contribution in [-0.4, -0.2) is 34.0 Å². The van der Waals surface area contributed by atoms with Gasteiger partial charge in [-0.05, 0) is 51.0 Å². The summed E-state index contributed by atoms with van der Waals surface area (Å²) in [7, 11) is 0. The maximum atomic E-state index is 12.5. The summed E-state index contributed by atoms with van der Waals surface area (Å²) in [6.07, 6.45) is 7.08. The first kappa shape index (κ1) is 19.7. The molecule has 6 nitrogen and oxygen atoms in total. The maximum Gasteiger partial charge on any atom is 0.277 e. The zero-order chi connectivity index (χ0) is 19.1. The van der Waals surface area contributed by atoms with Crippen molar-refractivity contribution in [3.8, 4) is 17.2 Å². The van der Waals surface area contributed by atoms with Crippen LogP contribution in [0.2, 0.25) is 0 Å². The van der Waals surface area contributed by atoms with Crippen molar-refractivity contribution in [2.45, 2.75) is 68.9 Å². The van der Waals surface area contributed by atoms with E-state index in [1.165, 1.54) is 37.4 Å². The molecule has 1 fully saturated rings. The van der Waals surface area contributed by atoms with Crippen LogP contribution in [-0.2, 0) is 4.79 Å². The second kappa shape index (κ2) is 9.78. The number of nitrogens with one attached hydrogen (secondary N) is 1. The van der Waals surface area contributed by atoms with E-state index in [1.807, 2.05) is 38.1 Å². The van der Waals surface area contributed by atoms with Crippen molar-refractivity contribution in [3.05, 3.63) is 24.3 Å². The topological polar surface area (TPSA) is 77.2 Å². The summed E-state index contributed by atoms with van der Waals surface area (Å²) < 4.78 is 11.2. The lowest BCUT2D eigenvalue weighted by atomic mass is 10.1. The SMILES string of the molecule is CCOc1ccc(-c2nnc(S[C@@H](C)C(=O)NC3CCCCCC3)o2)cc1. The average molecular weight is 390 g/mol. The lowest BCUT2D eigenvalue weighted by Gasteiger charge is -2.18. The van der Waals surface area contributed by atoms with E-state index in [1.54, 1.807) is 0 Å². The third-order valence-corrected chi connectivity index (χ3v) is 5.60. The highest BCUT2D eigenvalue weighted by atomic mass is 32.2. The minimum atomic E-state index is -0.276. The van der Waals surface area contributed by atoms with Gasteiger partial charge >= 0.3 is 0 Å². The maximum absolute atomic E-state index is 12.5.